The molecule has 2 rings (SSSR count). The van der Waals surface area contributed by atoms with Crippen LogP contribution in [0.3, 0.4) is 0 Å². The lowest BCUT2D eigenvalue weighted by Crippen LogP contribution is -2.48. The highest BCUT2D eigenvalue weighted by Crippen LogP contribution is 2.18. The Morgan fingerprint density at radius 2 is 2.08 bits per heavy atom. The van der Waals surface area contributed by atoms with Crippen LogP contribution < -0.4 is 16.0 Å². The Morgan fingerprint density at radius 1 is 1.36 bits per heavy atom. The normalized spacial score (nSPS) is 19.9. The summed E-state index contributed by atoms with van der Waals surface area (Å²) in [6, 6.07) is 4.24. The highest BCUT2D eigenvalue weighted by molar-refractivity contribution is 5.96. The Morgan fingerprint density at radius 3 is 2.68 bits per heavy atom. The number of anilines is 1. The first-order valence-corrected chi connectivity index (χ1v) is 8.47. The van der Waals surface area contributed by atoms with Crippen LogP contribution in [0.25, 0.3) is 0 Å². The maximum atomic E-state index is 14.2. The summed E-state index contributed by atoms with van der Waals surface area (Å²) in [5.41, 5.74) is 0.368. The van der Waals surface area contributed by atoms with E-state index < -0.39 is 5.82 Å². The van der Waals surface area contributed by atoms with Gasteiger partial charge in [-0.15, -0.1) is 12.4 Å². The molecule has 2 unspecified atom stereocenters. The van der Waals surface area contributed by atoms with Crippen molar-refractivity contribution in [3.63, 3.8) is 0 Å². The lowest BCUT2D eigenvalue weighted by Gasteiger charge is -2.30. The fourth-order valence-electron chi connectivity index (χ4n) is 2.81. The summed E-state index contributed by atoms with van der Waals surface area (Å²) in [5, 5.41) is 8.78. The first-order valence-electron chi connectivity index (χ1n) is 8.47. The van der Waals surface area contributed by atoms with Crippen molar-refractivity contribution in [1.29, 1.82) is 0 Å². The Hall–Kier alpha value is -1.66. The van der Waals surface area contributed by atoms with Crippen molar-refractivity contribution in [3.8, 4) is 0 Å². The second-order valence-electron chi connectivity index (χ2n) is 6.89. The van der Waals surface area contributed by atoms with Crippen molar-refractivity contribution in [1.82, 2.24) is 10.6 Å². The Labute approximate surface area is 154 Å². The van der Waals surface area contributed by atoms with Gasteiger partial charge in [0.2, 0.25) is 5.91 Å². The van der Waals surface area contributed by atoms with Crippen LogP contribution in [0, 0.1) is 17.7 Å². The highest BCUT2D eigenvalue weighted by atomic mass is 35.5. The third-order valence-corrected chi connectivity index (χ3v) is 4.20. The molecule has 5 nitrogen and oxygen atoms in total. The van der Waals surface area contributed by atoms with Gasteiger partial charge in [0.25, 0.3) is 5.91 Å². The van der Waals surface area contributed by atoms with E-state index in [9.17, 15) is 14.0 Å². The van der Waals surface area contributed by atoms with Gasteiger partial charge in [0, 0.05) is 18.0 Å². The molecule has 25 heavy (non-hydrogen) atoms. The molecular formula is C18H27ClFN3O2. The molecule has 1 aromatic rings. The second kappa shape index (κ2) is 9.73. The van der Waals surface area contributed by atoms with Crippen LogP contribution in [0.1, 0.15) is 44.0 Å². The van der Waals surface area contributed by atoms with Crippen LogP contribution in [-0.4, -0.2) is 30.9 Å². The van der Waals surface area contributed by atoms with E-state index in [1.54, 1.807) is 0 Å². The monoisotopic (exact) mass is 371 g/mol. The molecule has 0 aliphatic carbocycles. The number of halogens is 2. The van der Waals surface area contributed by atoms with E-state index in [4.69, 9.17) is 0 Å². The summed E-state index contributed by atoms with van der Waals surface area (Å²) in [6.07, 6.45) is 1.19. The van der Waals surface area contributed by atoms with Crippen molar-refractivity contribution in [2.75, 3.05) is 18.4 Å². The lowest BCUT2D eigenvalue weighted by molar-refractivity contribution is -0.116. The van der Waals surface area contributed by atoms with Crippen molar-refractivity contribution >= 4 is 29.9 Å². The summed E-state index contributed by atoms with van der Waals surface area (Å²) in [6.45, 7) is 7.64. The first kappa shape index (κ1) is 21.4. The van der Waals surface area contributed by atoms with Crippen molar-refractivity contribution in [3.05, 3.63) is 29.6 Å². The summed E-state index contributed by atoms with van der Waals surface area (Å²) in [7, 11) is 0. The third-order valence-electron chi connectivity index (χ3n) is 4.20. The number of carbonyl (C=O) groups is 2. The molecule has 1 saturated heterocycles. The molecule has 2 atom stereocenters. The number of nitrogens with one attached hydrogen (secondary N) is 3. The largest absolute Gasteiger partial charge is 0.349 e. The van der Waals surface area contributed by atoms with Gasteiger partial charge in [-0.05, 0) is 49.5 Å². The molecule has 7 heteroatoms. The molecular weight excluding hydrogens is 345 g/mol. The summed E-state index contributed by atoms with van der Waals surface area (Å²) in [4.78, 5) is 24.0. The number of rotatable bonds is 5. The predicted octanol–water partition coefficient (Wildman–Crippen LogP) is 2.96. The van der Waals surface area contributed by atoms with Crippen LogP contribution in [-0.2, 0) is 4.79 Å². The zero-order valence-electron chi connectivity index (χ0n) is 14.9. The van der Waals surface area contributed by atoms with Crippen LogP contribution in [0.2, 0.25) is 0 Å². The smallest absolute Gasteiger partial charge is 0.251 e. The molecule has 1 aromatic carbocycles. The molecule has 0 radical (unpaired) electrons. The number of piperidine rings is 1. The minimum atomic E-state index is -0.599. The molecule has 1 aliphatic heterocycles. The molecule has 140 valence electrons. The number of benzene rings is 1. The van der Waals surface area contributed by atoms with Crippen molar-refractivity contribution in [2.45, 2.75) is 39.7 Å². The van der Waals surface area contributed by atoms with Gasteiger partial charge in [-0.2, -0.15) is 0 Å². The Bertz CT molecular complexity index is 610. The van der Waals surface area contributed by atoms with E-state index in [1.165, 1.54) is 18.2 Å². The minimum absolute atomic E-state index is 0. The molecule has 1 aliphatic rings. The summed E-state index contributed by atoms with van der Waals surface area (Å²) in [5.74, 6) is -0.581. The van der Waals surface area contributed by atoms with Gasteiger partial charge in [0.05, 0.1) is 5.69 Å². The van der Waals surface area contributed by atoms with E-state index in [1.807, 2.05) is 13.8 Å². The van der Waals surface area contributed by atoms with Crippen LogP contribution in [0.5, 0.6) is 0 Å². The highest BCUT2D eigenvalue weighted by Gasteiger charge is 2.23. The van der Waals surface area contributed by atoms with Crippen LogP contribution in [0.15, 0.2) is 18.2 Å². The van der Waals surface area contributed by atoms with Crippen LogP contribution >= 0.6 is 12.4 Å². The van der Waals surface area contributed by atoms with Crippen molar-refractivity contribution in [2.24, 2.45) is 11.8 Å². The summed E-state index contributed by atoms with van der Waals surface area (Å²) < 4.78 is 14.2. The van der Waals surface area contributed by atoms with Crippen LogP contribution in [0.4, 0.5) is 10.1 Å². The van der Waals surface area contributed by atoms with Gasteiger partial charge >= 0.3 is 0 Å². The number of hydrogen-bond acceptors (Lipinski definition) is 3. The first-order chi connectivity index (χ1) is 11.4. The summed E-state index contributed by atoms with van der Waals surface area (Å²) >= 11 is 0. The van der Waals surface area contributed by atoms with E-state index in [0.717, 1.165) is 19.5 Å². The third kappa shape index (κ3) is 6.29. The Kier molecular flexibility index (Phi) is 8.32. The van der Waals surface area contributed by atoms with Gasteiger partial charge in [0.15, 0.2) is 0 Å². The second-order valence-corrected chi connectivity index (χ2v) is 6.89. The molecule has 3 N–H and O–H groups in total. The SMILES string of the molecule is CC(C)CC(=O)Nc1ccc(C(=O)NC2CCNCC2C)cc1F.Cl. The minimum Gasteiger partial charge on any atom is -0.349 e. The zero-order valence-corrected chi connectivity index (χ0v) is 15.7. The lowest BCUT2D eigenvalue weighted by atomic mass is 9.95. The number of amides is 2. The number of carbonyl (C=O) groups excluding carboxylic acids is 2. The van der Waals surface area contributed by atoms with E-state index in [-0.39, 0.29) is 47.4 Å². The average Bonchev–Trinajstić information content (AvgIpc) is 2.50. The van der Waals surface area contributed by atoms with Gasteiger partial charge < -0.3 is 16.0 Å². The molecule has 1 heterocycles. The van der Waals surface area contributed by atoms with E-state index in [0.29, 0.717) is 12.3 Å². The van der Waals surface area contributed by atoms with E-state index >= 15 is 0 Å². The molecule has 0 bridgehead atoms. The molecule has 0 aromatic heterocycles. The molecule has 0 spiro atoms. The fourth-order valence-corrected chi connectivity index (χ4v) is 2.81. The standard InChI is InChI=1S/C18H26FN3O2.ClH/c1-11(2)8-17(23)21-16-5-4-13(9-14(16)19)18(24)22-15-6-7-20-10-12(15)3;/h4-5,9,11-12,15,20H,6-8,10H2,1-3H3,(H,21,23)(H,22,24);1H. The van der Waals surface area contributed by atoms with Gasteiger partial charge in [0.1, 0.15) is 5.82 Å². The maximum Gasteiger partial charge on any atom is 0.251 e. The zero-order chi connectivity index (χ0) is 17.7. The van der Waals surface area contributed by atoms with Gasteiger partial charge in [-0.1, -0.05) is 20.8 Å². The molecule has 0 saturated carbocycles. The van der Waals surface area contributed by atoms with Crippen molar-refractivity contribution < 1.29 is 14.0 Å². The topological polar surface area (TPSA) is 70.2 Å². The molecule has 1 fully saturated rings. The molecule has 2 amide bonds. The van der Waals surface area contributed by atoms with Gasteiger partial charge in [-0.3, -0.25) is 9.59 Å². The number of hydrogen-bond donors (Lipinski definition) is 3. The fraction of sp³-hybridized carbons (Fsp3) is 0.556. The quantitative estimate of drug-likeness (QED) is 0.745. The maximum absolute atomic E-state index is 14.2. The van der Waals surface area contributed by atoms with E-state index in [2.05, 4.69) is 22.9 Å². The average molecular weight is 372 g/mol. The van der Waals surface area contributed by atoms with Gasteiger partial charge in [-0.25, -0.2) is 4.39 Å². The predicted molar refractivity (Wildman–Crippen MR) is 99.6 cm³/mol. The Balaban J connectivity index is 0.00000312.